The van der Waals surface area contributed by atoms with Crippen molar-refractivity contribution in [2.24, 2.45) is 0 Å². The molecule has 0 aromatic heterocycles. The maximum Gasteiger partial charge on any atom is 0.101 e. The van der Waals surface area contributed by atoms with Gasteiger partial charge in [0.2, 0.25) is 0 Å². The molecule has 3 rings (SSSR count). The molecule has 1 aliphatic rings. The van der Waals surface area contributed by atoms with Crippen LogP contribution in [0.3, 0.4) is 0 Å². The number of hydrogen-bond acceptors (Lipinski definition) is 2. The van der Waals surface area contributed by atoms with Crippen molar-refractivity contribution in [2.45, 2.75) is 25.7 Å². The SMILES string of the molecule is Cc1ccccc1Nc1cc(C2CC2)ccc1C#N. The van der Waals surface area contributed by atoms with Crippen LogP contribution in [0.1, 0.15) is 35.4 Å². The Labute approximate surface area is 113 Å². The molecule has 19 heavy (non-hydrogen) atoms. The van der Waals surface area contributed by atoms with E-state index in [-0.39, 0.29) is 0 Å². The van der Waals surface area contributed by atoms with Gasteiger partial charge in [0.15, 0.2) is 0 Å². The maximum atomic E-state index is 9.22. The number of nitriles is 1. The second kappa shape index (κ2) is 4.78. The van der Waals surface area contributed by atoms with Gasteiger partial charge in [0.25, 0.3) is 0 Å². The minimum absolute atomic E-state index is 0.699. The van der Waals surface area contributed by atoms with Crippen LogP contribution in [0.25, 0.3) is 0 Å². The third-order valence-electron chi connectivity index (χ3n) is 3.63. The summed E-state index contributed by atoms with van der Waals surface area (Å²) >= 11 is 0. The summed E-state index contributed by atoms with van der Waals surface area (Å²) in [5.74, 6) is 0.699. The molecule has 0 aliphatic heterocycles. The molecule has 0 heterocycles. The molecule has 0 amide bonds. The predicted molar refractivity (Wildman–Crippen MR) is 77.6 cm³/mol. The van der Waals surface area contributed by atoms with Crippen LogP contribution >= 0.6 is 0 Å². The quantitative estimate of drug-likeness (QED) is 0.868. The number of aryl methyl sites for hydroxylation is 1. The van der Waals surface area contributed by atoms with Crippen molar-refractivity contribution in [3.05, 3.63) is 59.2 Å². The van der Waals surface area contributed by atoms with Crippen LogP contribution in [-0.4, -0.2) is 0 Å². The van der Waals surface area contributed by atoms with Crippen molar-refractivity contribution in [3.8, 4) is 6.07 Å². The van der Waals surface area contributed by atoms with Gasteiger partial charge in [-0.15, -0.1) is 0 Å². The first-order valence-corrected chi connectivity index (χ1v) is 6.64. The van der Waals surface area contributed by atoms with Crippen molar-refractivity contribution in [3.63, 3.8) is 0 Å². The highest BCUT2D eigenvalue weighted by molar-refractivity contribution is 5.69. The van der Waals surface area contributed by atoms with Crippen molar-refractivity contribution in [2.75, 3.05) is 5.32 Å². The van der Waals surface area contributed by atoms with Gasteiger partial charge in [0.1, 0.15) is 6.07 Å². The van der Waals surface area contributed by atoms with E-state index in [1.54, 1.807) is 0 Å². The molecule has 0 atom stereocenters. The topological polar surface area (TPSA) is 35.8 Å². The fourth-order valence-electron chi connectivity index (χ4n) is 2.29. The summed E-state index contributed by atoms with van der Waals surface area (Å²) in [5.41, 5.74) is 5.21. The van der Waals surface area contributed by atoms with E-state index in [1.165, 1.54) is 24.0 Å². The molecule has 2 aromatic rings. The lowest BCUT2D eigenvalue weighted by Gasteiger charge is -2.12. The van der Waals surface area contributed by atoms with Gasteiger partial charge >= 0.3 is 0 Å². The lowest BCUT2D eigenvalue weighted by molar-refractivity contribution is 1.13. The summed E-state index contributed by atoms with van der Waals surface area (Å²) < 4.78 is 0. The summed E-state index contributed by atoms with van der Waals surface area (Å²) in [5, 5.41) is 12.6. The summed E-state index contributed by atoms with van der Waals surface area (Å²) in [6, 6.07) is 16.5. The van der Waals surface area contributed by atoms with Crippen molar-refractivity contribution in [1.29, 1.82) is 5.26 Å². The molecule has 1 fully saturated rings. The number of benzene rings is 2. The van der Waals surface area contributed by atoms with E-state index in [9.17, 15) is 5.26 Å². The number of nitrogens with zero attached hydrogens (tertiary/aromatic N) is 1. The zero-order chi connectivity index (χ0) is 13.2. The Morgan fingerprint density at radius 3 is 2.58 bits per heavy atom. The number of rotatable bonds is 3. The fourth-order valence-corrected chi connectivity index (χ4v) is 2.29. The molecule has 0 spiro atoms. The maximum absolute atomic E-state index is 9.22. The third-order valence-corrected chi connectivity index (χ3v) is 3.63. The van der Waals surface area contributed by atoms with Gasteiger partial charge in [-0.05, 0) is 55.0 Å². The van der Waals surface area contributed by atoms with Crippen LogP contribution in [0.5, 0.6) is 0 Å². The summed E-state index contributed by atoms with van der Waals surface area (Å²) in [7, 11) is 0. The van der Waals surface area contributed by atoms with E-state index in [2.05, 4.69) is 36.5 Å². The van der Waals surface area contributed by atoms with Crippen LogP contribution in [0.15, 0.2) is 42.5 Å². The lowest BCUT2D eigenvalue weighted by atomic mass is 10.1. The van der Waals surface area contributed by atoms with Gasteiger partial charge in [-0.1, -0.05) is 24.3 Å². The molecule has 0 radical (unpaired) electrons. The lowest BCUT2D eigenvalue weighted by Crippen LogP contribution is -1.96. The Morgan fingerprint density at radius 1 is 1.11 bits per heavy atom. The summed E-state index contributed by atoms with van der Waals surface area (Å²) in [6.45, 7) is 2.07. The molecule has 2 aromatic carbocycles. The zero-order valence-corrected chi connectivity index (χ0v) is 11.0. The number of para-hydroxylation sites is 1. The number of anilines is 2. The van der Waals surface area contributed by atoms with Gasteiger partial charge in [0.05, 0.1) is 11.3 Å². The van der Waals surface area contributed by atoms with Crippen LogP contribution in [0.4, 0.5) is 11.4 Å². The molecule has 0 saturated heterocycles. The molecular formula is C17H16N2. The van der Waals surface area contributed by atoms with Crippen molar-refractivity contribution < 1.29 is 0 Å². The summed E-state index contributed by atoms with van der Waals surface area (Å²) in [4.78, 5) is 0. The molecule has 1 N–H and O–H groups in total. The van der Waals surface area contributed by atoms with Gasteiger partial charge < -0.3 is 5.32 Å². The summed E-state index contributed by atoms with van der Waals surface area (Å²) in [6.07, 6.45) is 2.55. The first-order chi connectivity index (χ1) is 9.28. The van der Waals surface area contributed by atoms with Crippen LogP contribution < -0.4 is 5.32 Å². The first kappa shape index (κ1) is 11.8. The highest BCUT2D eigenvalue weighted by Crippen LogP contribution is 2.41. The van der Waals surface area contributed by atoms with E-state index in [0.717, 1.165) is 11.4 Å². The molecule has 0 unspecified atom stereocenters. The first-order valence-electron chi connectivity index (χ1n) is 6.64. The molecule has 0 bridgehead atoms. The average molecular weight is 248 g/mol. The zero-order valence-electron chi connectivity index (χ0n) is 11.0. The normalized spacial score (nSPS) is 13.9. The third kappa shape index (κ3) is 2.46. The van der Waals surface area contributed by atoms with Crippen LogP contribution in [0, 0.1) is 18.3 Å². The van der Waals surface area contributed by atoms with E-state index < -0.39 is 0 Å². The molecule has 1 saturated carbocycles. The van der Waals surface area contributed by atoms with Gasteiger partial charge in [0, 0.05) is 5.69 Å². The highest BCUT2D eigenvalue weighted by atomic mass is 14.9. The van der Waals surface area contributed by atoms with Gasteiger partial charge in [-0.3, -0.25) is 0 Å². The second-order valence-electron chi connectivity index (χ2n) is 5.13. The minimum Gasteiger partial charge on any atom is -0.354 e. The van der Waals surface area contributed by atoms with Crippen LogP contribution in [-0.2, 0) is 0 Å². The predicted octanol–water partition coefficient (Wildman–Crippen LogP) is 4.49. The Hall–Kier alpha value is -2.27. The molecule has 2 nitrogen and oxygen atoms in total. The van der Waals surface area contributed by atoms with E-state index in [0.29, 0.717) is 11.5 Å². The number of hydrogen-bond donors (Lipinski definition) is 1. The molecule has 1 aliphatic carbocycles. The Kier molecular flexibility index (Phi) is 2.97. The van der Waals surface area contributed by atoms with Gasteiger partial charge in [-0.2, -0.15) is 5.26 Å². The standard InChI is InChI=1S/C17H16N2/c1-12-4-2-3-5-16(12)19-17-10-14(13-6-7-13)8-9-15(17)11-18/h2-5,8-10,13,19H,6-7H2,1H3. The smallest absolute Gasteiger partial charge is 0.101 e. The van der Waals surface area contributed by atoms with Crippen molar-refractivity contribution >= 4 is 11.4 Å². The minimum atomic E-state index is 0.699. The fraction of sp³-hybridized carbons (Fsp3) is 0.235. The Morgan fingerprint density at radius 2 is 1.89 bits per heavy atom. The Balaban J connectivity index is 1.97. The molecule has 2 heteroatoms. The highest BCUT2D eigenvalue weighted by Gasteiger charge is 2.24. The Bertz CT molecular complexity index is 649. The molecule has 94 valence electrons. The van der Waals surface area contributed by atoms with Gasteiger partial charge in [-0.25, -0.2) is 0 Å². The van der Waals surface area contributed by atoms with Crippen molar-refractivity contribution in [1.82, 2.24) is 0 Å². The van der Waals surface area contributed by atoms with E-state index in [1.807, 2.05) is 24.3 Å². The molecular weight excluding hydrogens is 232 g/mol. The average Bonchev–Trinajstić information content (AvgIpc) is 3.26. The van der Waals surface area contributed by atoms with E-state index >= 15 is 0 Å². The monoisotopic (exact) mass is 248 g/mol. The second-order valence-corrected chi connectivity index (χ2v) is 5.13. The largest absolute Gasteiger partial charge is 0.354 e. The van der Waals surface area contributed by atoms with E-state index in [4.69, 9.17) is 0 Å². The van der Waals surface area contributed by atoms with Crippen LogP contribution in [0.2, 0.25) is 0 Å². The number of nitrogens with one attached hydrogen (secondary N) is 1.